The van der Waals surface area contributed by atoms with Crippen LogP contribution in [0.15, 0.2) is 18.2 Å². The molecule has 0 radical (unpaired) electrons. The first-order valence-corrected chi connectivity index (χ1v) is 5.04. The number of benzene rings is 1. The quantitative estimate of drug-likeness (QED) is 0.596. The Bertz CT molecular complexity index is 354. The van der Waals surface area contributed by atoms with Crippen LogP contribution in [0.5, 0.6) is 0 Å². The van der Waals surface area contributed by atoms with Gasteiger partial charge in [0.05, 0.1) is 6.10 Å². The van der Waals surface area contributed by atoms with E-state index in [1.165, 1.54) is 11.1 Å². The lowest BCUT2D eigenvalue weighted by Crippen LogP contribution is -1.98. The molecule has 0 spiro atoms. The average Bonchev–Trinajstić information content (AvgIpc) is 2.78. The van der Waals surface area contributed by atoms with Crippen LogP contribution >= 0.6 is 0 Å². The zero-order chi connectivity index (χ0) is 9.00. The van der Waals surface area contributed by atoms with Crippen molar-refractivity contribution in [3.63, 3.8) is 0 Å². The monoisotopic (exact) mass is 174 g/mol. The molecule has 0 amide bonds. The van der Waals surface area contributed by atoms with Crippen LogP contribution in [0.1, 0.15) is 42.6 Å². The Morgan fingerprint density at radius 3 is 3.00 bits per heavy atom. The van der Waals surface area contributed by atoms with Gasteiger partial charge < -0.3 is 4.74 Å². The first-order valence-electron chi connectivity index (χ1n) is 5.04. The Morgan fingerprint density at radius 1 is 1.38 bits per heavy atom. The number of rotatable bonds is 1. The molecule has 0 bridgehead atoms. The van der Waals surface area contributed by atoms with Gasteiger partial charge in [-0.1, -0.05) is 32.0 Å². The highest BCUT2D eigenvalue weighted by Crippen LogP contribution is 2.50. The molecular weight excluding hydrogens is 160 g/mol. The number of epoxide rings is 1. The zero-order valence-electron chi connectivity index (χ0n) is 8.08. The lowest BCUT2D eigenvalue weighted by molar-refractivity contribution is 0.360. The molecule has 0 N–H and O–H groups in total. The summed E-state index contributed by atoms with van der Waals surface area (Å²) >= 11 is 0. The topological polar surface area (TPSA) is 12.5 Å². The van der Waals surface area contributed by atoms with Crippen LogP contribution in [0.4, 0.5) is 0 Å². The predicted octanol–water partition coefficient (Wildman–Crippen LogP) is 2.81. The van der Waals surface area contributed by atoms with E-state index in [4.69, 9.17) is 4.74 Å². The third-order valence-corrected chi connectivity index (χ3v) is 3.16. The number of hydrogen-bond acceptors (Lipinski definition) is 1. The maximum absolute atomic E-state index is 5.51. The Balaban J connectivity index is 2.13. The molecule has 1 aliphatic carbocycles. The summed E-state index contributed by atoms with van der Waals surface area (Å²) in [5.41, 5.74) is 4.54. The van der Waals surface area contributed by atoms with E-state index < -0.39 is 0 Å². The van der Waals surface area contributed by atoms with Gasteiger partial charge in [0.1, 0.15) is 6.10 Å². The molecule has 1 saturated heterocycles. The smallest absolute Gasteiger partial charge is 0.110 e. The second-order valence-corrected chi connectivity index (χ2v) is 4.37. The van der Waals surface area contributed by atoms with Crippen LogP contribution in [-0.2, 0) is 11.2 Å². The third kappa shape index (κ3) is 0.969. The van der Waals surface area contributed by atoms with Crippen LogP contribution in [0.3, 0.4) is 0 Å². The molecule has 0 aromatic heterocycles. The van der Waals surface area contributed by atoms with E-state index >= 15 is 0 Å². The van der Waals surface area contributed by atoms with Gasteiger partial charge in [0.2, 0.25) is 0 Å². The van der Waals surface area contributed by atoms with E-state index in [9.17, 15) is 0 Å². The zero-order valence-corrected chi connectivity index (χ0v) is 8.08. The van der Waals surface area contributed by atoms with Gasteiger partial charge in [0.15, 0.2) is 0 Å². The summed E-state index contributed by atoms with van der Waals surface area (Å²) in [6.45, 7) is 4.53. The van der Waals surface area contributed by atoms with E-state index in [1.807, 2.05) is 0 Å². The lowest BCUT2D eigenvalue weighted by atomic mass is 9.94. The summed E-state index contributed by atoms with van der Waals surface area (Å²) in [6.07, 6.45) is 2.12. The molecular formula is C12H14O. The molecule has 1 heterocycles. The van der Waals surface area contributed by atoms with Crippen LogP contribution in [-0.4, -0.2) is 6.10 Å². The Morgan fingerprint density at radius 2 is 2.23 bits per heavy atom. The molecule has 2 atom stereocenters. The molecule has 0 saturated carbocycles. The number of fused-ring (bicyclic) bond motifs is 3. The van der Waals surface area contributed by atoms with E-state index in [-0.39, 0.29) is 0 Å². The molecule has 1 aromatic carbocycles. The summed E-state index contributed by atoms with van der Waals surface area (Å²) in [5, 5.41) is 0. The van der Waals surface area contributed by atoms with Crippen LogP contribution in [0, 0.1) is 0 Å². The van der Waals surface area contributed by atoms with Gasteiger partial charge in [0, 0.05) is 6.42 Å². The average molecular weight is 174 g/mol. The Kier molecular flexibility index (Phi) is 1.37. The molecule has 3 rings (SSSR count). The lowest BCUT2D eigenvalue weighted by Gasteiger charge is -2.12. The fraction of sp³-hybridized carbons (Fsp3) is 0.500. The Hall–Kier alpha value is -0.820. The molecule has 13 heavy (non-hydrogen) atoms. The van der Waals surface area contributed by atoms with E-state index in [2.05, 4.69) is 32.0 Å². The van der Waals surface area contributed by atoms with Crippen molar-refractivity contribution in [2.45, 2.75) is 38.4 Å². The molecule has 2 aliphatic rings. The molecule has 1 fully saturated rings. The van der Waals surface area contributed by atoms with Crippen molar-refractivity contribution in [3.05, 3.63) is 34.9 Å². The fourth-order valence-corrected chi connectivity index (χ4v) is 2.44. The third-order valence-electron chi connectivity index (χ3n) is 3.16. The summed E-state index contributed by atoms with van der Waals surface area (Å²) < 4.78 is 5.51. The minimum absolute atomic E-state index is 0.452. The number of ether oxygens (including phenoxy) is 1. The highest BCUT2D eigenvalue weighted by molar-refractivity contribution is 5.45. The van der Waals surface area contributed by atoms with Gasteiger partial charge in [-0.3, -0.25) is 0 Å². The molecule has 68 valence electrons. The number of hydrogen-bond donors (Lipinski definition) is 0. The maximum Gasteiger partial charge on any atom is 0.110 e. The van der Waals surface area contributed by atoms with Crippen molar-refractivity contribution in [2.24, 2.45) is 0 Å². The summed E-state index contributed by atoms with van der Waals surface area (Å²) in [5.74, 6) is 0.646. The minimum Gasteiger partial charge on any atom is -0.364 e. The van der Waals surface area contributed by atoms with Crippen LogP contribution in [0.2, 0.25) is 0 Å². The van der Waals surface area contributed by atoms with Crippen LogP contribution in [0.25, 0.3) is 0 Å². The molecule has 0 unspecified atom stereocenters. The molecule has 1 aromatic rings. The van der Waals surface area contributed by atoms with E-state index in [0.717, 1.165) is 6.42 Å². The van der Waals surface area contributed by atoms with Gasteiger partial charge in [0.25, 0.3) is 0 Å². The largest absolute Gasteiger partial charge is 0.364 e. The molecule has 1 aliphatic heterocycles. The van der Waals surface area contributed by atoms with Crippen molar-refractivity contribution >= 4 is 0 Å². The normalized spacial score (nSPS) is 28.8. The standard InChI is InChI=1S/C12H14O/c1-7(2)8-4-3-5-9-10(8)6-11-12(9)13-11/h3-5,7,11-12H,6H2,1-2H3/t11-,12+/m1/s1. The maximum atomic E-state index is 5.51. The van der Waals surface area contributed by atoms with Crippen molar-refractivity contribution < 1.29 is 4.74 Å². The van der Waals surface area contributed by atoms with Crippen molar-refractivity contribution in [2.75, 3.05) is 0 Å². The van der Waals surface area contributed by atoms with Gasteiger partial charge >= 0.3 is 0 Å². The first kappa shape index (κ1) is 7.57. The summed E-state index contributed by atoms with van der Waals surface area (Å²) in [6, 6.07) is 6.64. The SMILES string of the molecule is CC(C)c1cccc2c1C[C@H]1O[C@@H]21. The second kappa shape index (κ2) is 2.36. The molecule has 1 heteroatoms. The van der Waals surface area contributed by atoms with Gasteiger partial charge in [-0.2, -0.15) is 0 Å². The van der Waals surface area contributed by atoms with Crippen LogP contribution < -0.4 is 0 Å². The van der Waals surface area contributed by atoms with Gasteiger partial charge in [-0.15, -0.1) is 0 Å². The predicted molar refractivity (Wildman–Crippen MR) is 51.8 cm³/mol. The van der Waals surface area contributed by atoms with Gasteiger partial charge in [-0.05, 0) is 22.6 Å². The minimum atomic E-state index is 0.452. The van der Waals surface area contributed by atoms with E-state index in [1.54, 1.807) is 5.56 Å². The highest BCUT2D eigenvalue weighted by atomic mass is 16.6. The van der Waals surface area contributed by atoms with Crippen molar-refractivity contribution in [1.29, 1.82) is 0 Å². The molecule has 1 nitrogen and oxygen atoms in total. The van der Waals surface area contributed by atoms with E-state index in [0.29, 0.717) is 18.1 Å². The summed E-state index contributed by atoms with van der Waals surface area (Å²) in [7, 11) is 0. The fourth-order valence-electron chi connectivity index (χ4n) is 2.44. The highest BCUT2D eigenvalue weighted by Gasteiger charge is 2.47. The van der Waals surface area contributed by atoms with Gasteiger partial charge in [-0.25, -0.2) is 0 Å². The first-order chi connectivity index (χ1) is 6.27. The van der Waals surface area contributed by atoms with Crippen molar-refractivity contribution in [1.82, 2.24) is 0 Å². The second-order valence-electron chi connectivity index (χ2n) is 4.37. The summed E-state index contributed by atoms with van der Waals surface area (Å²) in [4.78, 5) is 0. The van der Waals surface area contributed by atoms with Crippen molar-refractivity contribution in [3.8, 4) is 0 Å². The Labute approximate surface area is 78.7 Å².